The lowest BCUT2D eigenvalue weighted by atomic mass is 10.2. The van der Waals surface area contributed by atoms with Gasteiger partial charge in [0.2, 0.25) is 0 Å². The van der Waals surface area contributed by atoms with Gasteiger partial charge >= 0.3 is 6.01 Å². The number of carbonyl (C=O) groups is 1. The highest BCUT2D eigenvalue weighted by Crippen LogP contribution is 2.08. The molecule has 0 radical (unpaired) electrons. The molecular weight excluding hydrogens is 216 g/mol. The molecular formula is C13H12N2O2. The zero-order chi connectivity index (χ0) is 12.1. The van der Waals surface area contributed by atoms with Crippen LogP contribution in [0.15, 0.2) is 36.4 Å². The van der Waals surface area contributed by atoms with Gasteiger partial charge in [-0.15, -0.1) is 0 Å². The van der Waals surface area contributed by atoms with Crippen LogP contribution in [0.3, 0.4) is 0 Å². The standard InChI is InChI=1S/C13H12N2O2/c1-10-7-12(8-16)15-13(14-10)17-9-11-5-3-2-4-6-11/h2-8H,9H2,1H3. The Morgan fingerprint density at radius 3 is 2.71 bits per heavy atom. The molecule has 0 spiro atoms. The van der Waals surface area contributed by atoms with Gasteiger partial charge in [0.25, 0.3) is 0 Å². The van der Waals surface area contributed by atoms with E-state index in [2.05, 4.69) is 9.97 Å². The molecule has 2 rings (SSSR count). The molecule has 2 aromatic rings. The second-order valence-corrected chi connectivity index (χ2v) is 3.61. The summed E-state index contributed by atoms with van der Waals surface area (Å²) in [6.45, 7) is 2.19. The van der Waals surface area contributed by atoms with E-state index in [0.29, 0.717) is 24.3 Å². The van der Waals surface area contributed by atoms with E-state index in [9.17, 15) is 4.79 Å². The van der Waals surface area contributed by atoms with Crippen LogP contribution in [0.1, 0.15) is 21.7 Å². The van der Waals surface area contributed by atoms with Crippen molar-refractivity contribution in [3.05, 3.63) is 53.3 Å². The Hall–Kier alpha value is -2.23. The molecule has 17 heavy (non-hydrogen) atoms. The van der Waals surface area contributed by atoms with Gasteiger partial charge in [-0.3, -0.25) is 4.79 Å². The van der Waals surface area contributed by atoms with Gasteiger partial charge in [-0.1, -0.05) is 30.3 Å². The number of carbonyl (C=O) groups excluding carboxylic acids is 1. The second-order valence-electron chi connectivity index (χ2n) is 3.61. The maximum absolute atomic E-state index is 10.6. The van der Waals surface area contributed by atoms with Gasteiger partial charge in [0.05, 0.1) is 0 Å². The van der Waals surface area contributed by atoms with Crippen LogP contribution in [0.25, 0.3) is 0 Å². The first kappa shape index (κ1) is 11.3. The Bertz CT molecular complexity index is 512. The minimum absolute atomic E-state index is 0.232. The third kappa shape index (κ3) is 3.11. The summed E-state index contributed by atoms with van der Waals surface area (Å²) < 4.78 is 5.43. The van der Waals surface area contributed by atoms with Gasteiger partial charge in [0.15, 0.2) is 6.29 Å². The average Bonchev–Trinajstić information content (AvgIpc) is 2.37. The number of hydrogen-bond donors (Lipinski definition) is 0. The van der Waals surface area contributed by atoms with E-state index in [1.807, 2.05) is 30.3 Å². The van der Waals surface area contributed by atoms with Crippen molar-refractivity contribution in [2.75, 3.05) is 0 Å². The molecule has 86 valence electrons. The Morgan fingerprint density at radius 1 is 1.24 bits per heavy atom. The molecule has 1 aromatic heterocycles. The molecule has 0 aliphatic rings. The van der Waals surface area contributed by atoms with Crippen molar-refractivity contribution in [1.82, 2.24) is 9.97 Å². The van der Waals surface area contributed by atoms with Crippen molar-refractivity contribution in [2.24, 2.45) is 0 Å². The number of ether oxygens (including phenoxy) is 1. The quantitative estimate of drug-likeness (QED) is 0.752. The monoisotopic (exact) mass is 228 g/mol. The second kappa shape index (κ2) is 5.21. The highest BCUT2D eigenvalue weighted by atomic mass is 16.5. The Labute approximate surface area is 99.3 Å². The fraction of sp³-hybridized carbons (Fsp3) is 0.154. The topological polar surface area (TPSA) is 52.1 Å². The van der Waals surface area contributed by atoms with Gasteiger partial charge in [-0.2, -0.15) is 4.98 Å². The maximum Gasteiger partial charge on any atom is 0.317 e. The molecule has 0 atom stereocenters. The molecule has 0 saturated carbocycles. The van der Waals surface area contributed by atoms with E-state index in [-0.39, 0.29) is 6.01 Å². The lowest BCUT2D eigenvalue weighted by Crippen LogP contribution is -2.02. The first-order valence-corrected chi connectivity index (χ1v) is 5.25. The Kier molecular flexibility index (Phi) is 3.45. The van der Waals surface area contributed by atoms with E-state index in [1.54, 1.807) is 13.0 Å². The van der Waals surface area contributed by atoms with Crippen LogP contribution < -0.4 is 4.74 Å². The average molecular weight is 228 g/mol. The van der Waals surface area contributed by atoms with Crippen LogP contribution in [0.2, 0.25) is 0 Å². The molecule has 4 nitrogen and oxygen atoms in total. The van der Waals surface area contributed by atoms with Gasteiger partial charge in [0.1, 0.15) is 12.3 Å². The van der Waals surface area contributed by atoms with Gasteiger partial charge in [-0.25, -0.2) is 4.98 Å². The zero-order valence-electron chi connectivity index (χ0n) is 9.46. The first-order valence-electron chi connectivity index (χ1n) is 5.25. The van der Waals surface area contributed by atoms with Crippen LogP contribution in [0.4, 0.5) is 0 Å². The SMILES string of the molecule is Cc1cc(C=O)nc(OCc2ccccc2)n1. The Balaban J connectivity index is 2.09. The number of hydrogen-bond acceptors (Lipinski definition) is 4. The van der Waals surface area contributed by atoms with Crippen LogP contribution in [-0.2, 0) is 6.61 Å². The molecule has 4 heteroatoms. The van der Waals surface area contributed by atoms with E-state index >= 15 is 0 Å². The lowest BCUT2D eigenvalue weighted by molar-refractivity contribution is 0.111. The van der Waals surface area contributed by atoms with Crippen LogP contribution >= 0.6 is 0 Å². The van der Waals surface area contributed by atoms with Gasteiger partial charge in [0, 0.05) is 5.69 Å². The molecule has 0 aliphatic carbocycles. The van der Waals surface area contributed by atoms with Crippen LogP contribution in [0.5, 0.6) is 6.01 Å². The largest absolute Gasteiger partial charge is 0.459 e. The van der Waals surface area contributed by atoms with E-state index < -0.39 is 0 Å². The normalized spacial score (nSPS) is 9.94. The fourth-order valence-corrected chi connectivity index (χ4v) is 1.41. The third-order valence-electron chi connectivity index (χ3n) is 2.19. The summed E-state index contributed by atoms with van der Waals surface area (Å²) in [5, 5.41) is 0. The summed E-state index contributed by atoms with van der Waals surface area (Å²) in [5.41, 5.74) is 2.08. The summed E-state index contributed by atoms with van der Waals surface area (Å²) in [6, 6.07) is 11.6. The molecule has 1 aromatic carbocycles. The van der Waals surface area contributed by atoms with Crippen molar-refractivity contribution in [2.45, 2.75) is 13.5 Å². The third-order valence-corrected chi connectivity index (χ3v) is 2.19. The number of benzene rings is 1. The van der Waals surface area contributed by atoms with E-state index in [0.717, 1.165) is 5.56 Å². The van der Waals surface area contributed by atoms with Crippen molar-refractivity contribution in [3.63, 3.8) is 0 Å². The minimum atomic E-state index is 0.232. The van der Waals surface area contributed by atoms with E-state index in [1.165, 1.54) is 0 Å². The van der Waals surface area contributed by atoms with Crippen molar-refractivity contribution in [1.29, 1.82) is 0 Å². The summed E-state index contributed by atoms with van der Waals surface area (Å²) in [4.78, 5) is 18.7. The predicted molar refractivity (Wildman–Crippen MR) is 62.9 cm³/mol. The highest BCUT2D eigenvalue weighted by molar-refractivity contribution is 5.71. The van der Waals surface area contributed by atoms with Crippen LogP contribution in [0, 0.1) is 6.92 Å². The first-order chi connectivity index (χ1) is 8.28. The Morgan fingerprint density at radius 2 is 2.00 bits per heavy atom. The molecule has 0 bridgehead atoms. The molecule has 0 saturated heterocycles. The maximum atomic E-state index is 10.6. The van der Waals surface area contributed by atoms with Crippen LogP contribution in [-0.4, -0.2) is 16.3 Å². The zero-order valence-corrected chi connectivity index (χ0v) is 9.46. The minimum Gasteiger partial charge on any atom is -0.459 e. The summed E-state index contributed by atoms with van der Waals surface area (Å²) >= 11 is 0. The van der Waals surface area contributed by atoms with Crippen molar-refractivity contribution < 1.29 is 9.53 Å². The highest BCUT2D eigenvalue weighted by Gasteiger charge is 2.02. The molecule has 0 fully saturated rings. The molecule has 0 amide bonds. The predicted octanol–water partition coefficient (Wildman–Crippen LogP) is 2.18. The molecule has 0 N–H and O–H groups in total. The lowest BCUT2D eigenvalue weighted by Gasteiger charge is -2.05. The number of aldehydes is 1. The van der Waals surface area contributed by atoms with Crippen molar-refractivity contribution in [3.8, 4) is 6.01 Å². The number of rotatable bonds is 4. The summed E-state index contributed by atoms with van der Waals surface area (Å²) in [5.74, 6) is 0. The molecule has 1 heterocycles. The fourth-order valence-electron chi connectivity index (χ4n) is 1.41. The number of nitrogens with zero attached hydrogens (tertiary/aromatic N) is 2. The molecule has 0 unspecified atom stereocenters. The number of aromatic nitrogens is 2. The summed E-state index contributed by atoms with van der Waals surface area (Å²) in [7, 11) is 0. The van der Waals surface area contributed by atoms with E-state index in [4.69, 9.17) is 4.74 Å². The number of aryl methyl sites for hydroxylation is 1. The smallest absolute Gasteiger partial charge is 0.317 e. The van der Waals surface area contributed by atoms with Gasteiger partial charge < -0.3 is 4.74 Å². The van der Waals surface area contributed by atoms with Gasteiger partial charge in [-0.05, 0) is 18.6 Å². The van der Waals surface area contributed by atoms with Crippen molar-refractivity contribution >= 4 is 6.29 Å². The molecule has 0 aliphatic heterocycles. The summed E-state index contributed by atoms with van der Waals surface area (Å²) in [6.07, 6.45) is 0.685.